The van der Waals surface area contributed by atoms with Crippen LogP contribution in [0.5, 0.6) is 0 Å². The molecular formula is C90H165N9O13. The third kappa shape index (κ3) is 53.9. The number of carbonyl (C=O) groups excluding carboxylic acids is 13. The summed E-state index contributed by atoms with van der Waals surface area (Å²) in [7, 11) is 0. The number of nitrogens with two attached hydrogens (primary N) is 1. The van der Waals surface area contributed by atoms with Crippen molar-refractivity contribution >= 4 is 75.7 Å². The van der Waals surface area contributed by atoms with E-state index in [2.05, 4.69) is 42.5 Å². The Balaban J connectivity index is -0.000000658. The molecule has 22 heteroatoms. The van der Waals surface area contributed by atoms with Gasteiger partial charge in [0.15, 0.2) is 17.3 Å². The topological polar surface area (TPSA) is 344 Å². The second-order valence-corrected chi connectivity index (χ2v) is 35.4. The van der Waals surface area contributed by atoms with E-state index in [0.717, 1.165) is 5.56 Å². The van der Waals surface area contributed by atoms with Crippen molar-refractivity contribution in [3.05, 3.63) is 35.9 Å². The van der Waals surface area contributed by atoms with E-state index < -0.39 is 6.03 Å². The lowest BCUT2D eigenvalue weighted by molar-refractivity contribution is -0.132. The minimum absolute atomic E-state index is 0.00133. The van der Waals surface area contributed by atoms with Crippen molar-refractivity contribution in [2.75, 3.05) is 19.6 Å². The average molecular weight is 1580 g/mol. The van der Waals surface area contributed by atoms with Crippen molar-refractivity contribution in [1.29, 1.82) is 0 Å². The molecule has 1 rings (SSSR count). The Bertz CT molecular complexity index is 2900. The minimum atomic E-state index is -0.558. The van der Waals surface area contributed by atoms with Crippen molar-refractivity contribution in [1.82, 2.24) is 42.5 Å². The molecule has 0 heterocycles. The highest BCUT2D eigenvalue weighted by Crippen LogP contribution is 2.26. The first kappa shape index (κ1) is 112. The number of benzene rings is 1. The number of rotatable bonds is 53. The summed E-state index contributed by atoms with van der Waals surface area (Å²) < 4.78 is 0. The number of Topliss-reactive ketones (excluding diaryl/α,β-unsaturated/α-hetero) is 10. The molecule has 1 aromatic carbocycles. The van der Waals surface area contributed by atoms with E-state index >= 15 is 0 Å². The van der Waals surface area contributed by atoms with Crippen LogP contribution in [0.1, 0.15) is 298 Å². The fourth-order valence-electron chi connectivity index (χ4n) is 13.1. The predicted octanol–water partition coefficient (Wildman–Crippen LogP) is 14.0. The lowest BCUT2D eigenvalue weighted by atomic mass is 9.81. The fraction of sp³-hybridized carbons (Fsp3) is 0.789. The van der Waals surface area contributed by atoms with Gasteiger partial charge in [-0.1, -0.05) is 231 Å². The van der Waals surface area contributed by atoms with Crippen molar-refractivity contribution < 1.29 is 62.3 Å². The van der Waals surface area contributed by atoms with E-state index in [9.17, 15) is 62.3 Å². The predicted molar refractivity (Wildman–Crippen MR) is 459 cm³/mol. The van der Waals surface area contributed by atoms with Gasteiger partial charge < -0.3 is 48.3 Å². The zero-order valence-electron chi connectivity index (χ0n) is 76.2. The number of carbonyl (C=O) groups is 13. The van der Waals surface area contributed by atoms with E-state index in [1.54, 1.807) is 0 Å². The number of hydrogen-bond acceptors (Lipinski definition) is 18. The van der Waals surface area contributed by atoms with Gasteiger partial charge in [0.05, 0.1) is 30.2 Å². The molecule has 10 atom stereocenters. The molecule has 0 spiro atoms. The van der Waals surface area contributed by atoms with Crippen LogP contribution in [0.25, 0.3) is 0 Å². The first-order chi connectivity index (χ1) is 51.6. The van der Waals surface area contributed by atoms with Crippen LogP contribution < -0.4 is 48.3 Å². The third-order valence-electron chi connectivity index (χ3n) is 19.1. The van der Waals surface area contributed by atoms with E-state index in [4.69, 9.17) is 5.73 Å². The van der Waals surface area contributed by atoms with Crippen molar-refractivity contribution in [2.24, 2.45) is 88.6 Å². The van der Waals surface area contributed by atoms with Crippen LogP contribution in [-0.2, 0) is 64.0 Å². The second-order valence-electron chi connectivity index (χ2n) is 35.4. The van der Waals surface area contributed by atoms with Gasteiger partial charge in [-0.15, -0.1) is 0 Å². The quantitative estimate of drug-likeness (QED) is 0.0274. The normalized spacial score (nSPS) is 14.3. The fourth-order valence-corrected chi connectivity index (χ4v) is 13.1. The summed E-state index contributed by atoms with van der Waals surface area (Å²) in [6, 6.07) is 9.36. The maximum Gasteiger partial charge on any atom is 0.312 e. The molecule has 0 bridgehead atoms. The van der Waals surface area contributed by atoms with Gasteiger partial charge in [0.2, 0.25) is 11.8 Å². The van der Waals surface area contributed by atoms with Gasteiger partial charge in [-0.25, -0.2) is 4.79 Å². The summed E-state index contributed by atoms with van der Waals surface area (Å²) in [5.74, 6) is 0.609. The molecule has 10 N–H and O–H groups in total. The zero-order valence-corrected chi connectivity index (χ0v) is 76.2. The largest absolute Gasteiger partial charge is 0.356 e. The molecule has 10 unspecified atom stereocenters. The van der Waals surface area contributed by atoms with Crippen LogP contribution in [-0.4, -0.2) is 156 Å². The molecule has 0 radical (unpaired) electrons. The molecule has 0 aliphatic rings. The van der Waals surface area contributed by atoms with E-state index in [0.29, 0.717) is 77.4 Å². The number of urea groups is 1. The average Bonchev–Trinajstić information content (AvgIpc) is 0.827. The highest BCUT2D eigenvalue weighted by molar-refractivity contribution is 5.94. The molecule has 0 fully saturated rings. The molecular weight excluding hydrogens is 1420 g/mol. The maximum absolute atomic E-state index is 13.1. The highest BCUT2D eigenvalue weighted by Gasteiger charge is 2.34. The molecule has 112 heavy (non-hydrogen) atoms. The number of ketones is 10. The van der Waals surface area contributed by atoms with Gasteiger partial charge in [0.1, 0.15) is 40.5 Å². The maximum atomic E-state index is 13.1. The summed E-state index contributed by atoms with van der Waals surface area (Å²) in [5.41, 5.74) is 6.14. The van der Waals surface area contributed by atoms with E-state index in [1.807, 2.05) is 238 Å². The number of nitrogens with one attached hydrogen (secondary N) is 8. The molecule has 22 nitrogen and oxygen atoms in total. The summed E-state index contributed by atoms with van der Waals surface area (Å²) in [6.07, 6.45) is 6.02. The first-order valence-electron chi connectivity index (χ1n) is 42.3. The first-order valence-corrected chi connectivity index (χ1v) is 42.3. The van der Waals surface area contributed by atoms with E-state index in [-0.39, 0.29) is 232 Å². The van der Waals surface area contributed by atoms with Crippen molar-refractivity contribution in [2.45, 2.75) is 359 Å². The Morgan fingerprint density at radius 1 is 0.321 bits per heavy atom. The smallest absolute Gasteiger partial charge is 0.312 e. The number of primary amides is 1. The van der Waals surface area contributed by atoms with Crippen molar-refractivity contribution in [3.8, 4) is 0 Å². The van der Waals surface area contributed by atoms with Crippen LogP contribution in [0.4, 0.5) is 4.79 Å². The number of amides is 4. The van der Waals surface area contributed by atoms with Gasteiger partial charge in [-0.3, -0.25) is 57.5 Å². The molecule has 1 aromatic rings. The monoisotopic (exact) mass is 1580 g/mol. The lowest BCUT2D eigenvalue weighted by Crippen LogP contribution is -2.45. The molecule has 0 saturated carbocycles. The van der Waals surface area contributed by atoms with Crippen LogP contribution in [0.15, 0.2) is 30.3 Å². The van der Waals surface area contributed by atoms with Crippen LogP contribution in [0.3, 0.4) is 0 Å². The third-order valence-corrected chi connectivity index (χ3v) is 19.1. The zero-order chi connectivity index (χ0) is 87.7. The second kappa shape index (κ2) is 61.3. The Kier molecular flexibility index (Phi) is 61.5. The van der Waals surface area contributed by atoms with Crippen LogP contribution in [0.2, 0.25) is 0 Å². The summed E-state index contributed by atoms with van der Waals surface area (Å²) in [4.78, 5) is 157. The van der Waals surface area contributed by atoms with Crippen LogP contribution in [0, 0.1) is 82.9 Å². The molecule has 0 aromatic heterocycles. The standard InChI is InChI=1S/C23H36N2O3.C19H36N2O3.C18H35N3O3.2C15H29NO2/c1-16(2)23(28)20(12-9-13-24-18(5)26)15-22(27)21(25-17(3)4)14-19-10-7-6-8-11-19;1-12(2)18(21-14(5)6)17(23)11-16(19(24)13(3)4)9-8-10-20-15(7)22;1-11(2)14(17(23)12(3)4)10-16(22)15(21-13(5)6)8-7-9-20-18(19)24;1-9(2)13(15(18)10(3)4)8-14(17)12(7)16-11(5)6;1-9(2)14(16-11(5)6)13(17)8-12(7)15(18)10(3)4/h6-8,10-11,16-17,20-21,25H,9,12-15H2,1-5H3,(H,24,26);12-14,16,18,21H,8-11H2,1-7H3,(H,20,22);11-15,21H,7-10H2,1-6H3,(H3,19,20,24);9-13,16H,8H2,1-7H3;9-12,14,16H,8H2,1-7H3. The molecule has 0 saturated heterocycles. The minimum Gasteiger partial charge on any atom is -0.356 e. The van der Waals surface area contributed by atoms with Gasteiger partial charge in [0.25, 0.3) is 0 Å². The summed E-state index contributed by atoms with van der Waals surface area (Å²) in [5, 5.41) is 24.5. The van der Waals surface area contributed by atoms with Gasteiger partial charge >= 0.3 is 6.03 Å². The molecule has 0 aliphatic heterocycles. The highest BCUT2D eigenvalue weighted by atomic mass is 16.2. The Morgan fingerprint density at radius 2 is 0.643 bits per heavy atom. The Hall–Kier alpha value is -6.07. The van der Waals surface area contributed by atoms with E-state index in [1.165, 1.54) is 13.8 Å². The van der Waals surface area contributed by atoms with Gasteiger partial charge in [-0.2, -0.15) is 0 Å². The Labute approximate surface area is 680 Å². The SMILES string of the molecule is CC(=O)NCCCC(CC(=O)C(Cc1ccccc1)NC(C)C)C(=O)C(C)C.CC(=O)NCCCC(CC(=O)C(NC(C)C)C(C)C)C(=O)C(C)C.CC(C)NC(C(=O)CC(C)C(=O)C(C)C)C(C)C.CC(C)NC(C)C(=O)CC(C(=O)C(C)C)C(C)C.CC(C)NC(CCCNC(N)=O)C(=O)CC(C(=O)C(C)C)C(C)C. The molecule has 0 aliphatic carbocycles. The summed E-state index contributed by atoms with van der Waals surface area (Å²) in [6.45, 7) is 63.3. The van der Waals surface area contributed by atoms with Crippen molar-refractivity contribution in [3.63, 3.8) is 0 Å². The lowest BCUT2D eigenvalue weighted by Gasteiger charge is -2.26. The number of hydrogen-bond donors (Lipinski definition) is 9. The molecule has 4 amide bonds. The van der Waals surface area contributed by atoms with Gasteiger partial charge in [0, 0.05) is 155 Å². The van der Waals surface area contributed by atoms with Gasteiger partial charge in [-0.05, 0) is 81.1 Å². The van der Waals surface area contributed by atoms with Crippen LogP contribution >= 0.6 is 0 Å². The Morgan fingerprint density at radius 3 is 0.973 bits per heavy atom. The molecule has 648 valence electrons. The summed E-state index contributed by atoms with van der Waals surface area (Å²) >= 11 is 0.